The number of benzene rings is 2. The van der Waals surface area contributed by atoms with Crippen LogP contribution in [0.25, 0.3) is 5.69 Å². The molecule has 0 unspecified atom stereocenters. The monoisotopic (exact) mass is 314 g/mol. The van der Waals surface area contributed by atoms with E-state index in [0.29, 0.717) is 17.5 Å². The molecule has 0 aliphatic rings. The normalized spacial score (nSPS) is 10.5. The number of hydrogen-bond donors (Lipinski definition) is 0. The predicted molar refractivity (Wildman–Crippen MR) is 85.9 cm³/mol. The summed E-state index contributed by atoms with van der Waals surface area (Å²) in [6, 6.07) is 17.4. The molecule has 2 aromatic carbocycles. The van der Waals surface area contributed by atoms with E-state index in [1.807, 2.05) is 54.6 Å². The maximum Gasteiger partial charge on any atom is 0.177 e. The SMILES string of the molecule is COc1cccc(-n2ncc(OCc3ccccc3)c2Cl)c1. The number of rotatable bonds is 5. The molecule has 0 saturated carbocycles. The van der Waals surface area contributed by atoms with Crippen molar-refractivity contribution < 1.29 is 9.47 Å². The van der Waals surface area contributed by atoms with Crippen molar-refractivity contribution >= 4 is 11.6 Å². The molecule has 5 heteroatoms. The van der Waals surface area contributed by atoms with Gasteiger partial charge in [0.2, 0.25) is 0 Å². The number of methoxy groups -OCH3 is 1. The van der Waals surface area contributed by atoms with Gasteiger partial charge in [-0.3, -0.25) is 0 Å². The van der Waals surface area contributed by atoms with Crippen molar-refractivity contribution in [1.29, 1.82) is 0 Å². The van der Waals surface area contributed by atoms with Gasteiger partial charge in [-0.2, -0.15) is 5.10 Å². The molecule has 22 heavy (non-hydrogen) atoms. The maximum atomic E-state index is 6.36. The van der Waals surface area contributed by atoms with E-state index in [2.05, 4.69) is 5.10 Å². The predicted octanol–water partition coefficient (Wildman–Crippen LogP) is 4.11. The van der Waals surface area contributed by atoms with E-state index in [0.717, 1.165) is 17.0 Å². The van der Waals surface area contributed by atoms with Gasteiger partial charge in [-0.1, -0.05) is 48.0 Å². The highest BCUT2D eigenvalue weighted by Crippen LogP contribution is 2.28. The van der Waals surface area contributed by atoms with E-state index in [9.17, 15) is 0 Å². The average molecular weight is 315 g/mol. The van der Waals surface area contributed by atoms with Gasteiger partial charge in [0.15, 0.2) is 10.9 Å². The number of halogens is 1. The summed E-state index contributed by atoms with van der Waals surface area (Å²) in [7, 11) is 1.62. The molecule has 0 fully saturated rings. The Morgan fingerprint density at radius 3 is 2.68 bits per heavy atom. The van der Waals surface area contributed by atoms with Crippen molar-refractivity contribution in [1.82, 2.24) is 9.78 Å². The molecule has 0 aliphatic heterocycles. The number of aromatic nitrogens is 2. The van der Waals surface area contributed by atoms with Gasteiger partial charge < -0.3 is 9.47 Å². The molecule has 0 bridgehead atoms. The topological polar surface area (TPSA) is 36.3 Å². The largest absolute Gasteiger partial charge is 0.497 e. The zero-order valence-corrected chi connectivity index (χ0v) is 12.8. The first-order valence-electron chi connectivity index (χ1n) is 6.82. The summed E-state index contributed by atoms with van der Waals surface area (Å²) < 4.78 is 12.6. The van der Waals surface area contributed by atoms with Gasteiger partial charge in [0.05, 0.1) is 19.0 Å². The Balaban J connectivity index is 1.79. The lowest BCUT2D eigenvalue weighted by atomic mass is 10.2. The number of hydrogen-bond acceptors (Lipinski definition) is 3. The van der Waals surface area contributed by atoms with Crippen LogP contribution in [0.3, 0.4) is 0 Å². The molecule has 3 rings (SSSR count). The fourth-order valence-electron chi connectivity index (χ4n) is 2.07. The molecule has 0 aliphatic carbocycles. The smallest absolute Gasteiger partial charge is 0.177 e. The van der Waals surface area contributed by atoms with Crippen LogP contribution in [0.5, 0.6) is 11.5 Å². The molecule has 0 amide bonds. The van der Waals surface area contributed by atoms with Crippen LogP contribution in [0.15, 0.2) is 60.8 Å². The second-order valence-electron chi connectivity index (χ2n) is 4.69. The highest BCUT2D eigenvalue weighted by Gasteiger charge is 2.12. The lowest BCUT2D eigenvalue weighted by Crippen LogP contribution is -1.98. The average Bonchev–Trinajstić information content (AvgIpc) is 2.95. The molecule has 0 atom stereocenters. The van der Waals surface area contributed by atoms with Gasteiger partial charge in [0.25, 0.3) is 0 Å². The molecule has 0 spiro atoms. The van der Waals surface area contributed by atoms with E-state index >= 15 is 0 Å². The minimum Gasteiger partial charge on any atom is -0.497 e. The van der Waals surface area contributed by atoms with Crippen molar-refractivity contribution in [2.24, 2.45) is 0 Å². The minimum atomic E-state index is 0.434. The first kappa shape index (κ1) is 14.5. The third-order valence-corrected chi connectivity index (χ3v) is 3.56. The van der Waals surface area contributed by atoms with Crippen LogP contribution in [-0.4, -0.2) is 16.9 Å². The summed E-state index contributed by atoms with van der Waals surface area (Å²) in [6.07, 6.45) is 1.62. The van der Waals surface area contributed by atoms with Crippen LogP contribution in [-0.2, 0) is 6.61 Å². The Kier molecular flexibility index (Phi) is 4.30. The fraction of sp³-hybridized carbons (Fsp3) is 0.118. The van der Waals surface area contributed by atoms with Crippen molar-refractivity contribution in [3.63, 3.8) is 0 Å². The third-order valence-electron chi connectivity index (χ3n) is 3.21. The lowest BCUT2D eigenvalue weighted by molar-refractivity contribution is 0.306. The third kappa shape index (κ3) is 3.07. The fourth-order valence-corrected chi connectivity index (χ4v) is 2.32. The zero-order chi connectivity index (χ0) is 15.4. The number of ether oxygens (including phenoxy) is 2. The van der Waals surface area contributed by atoms with Gasteiger partial charge in [-0.15, -0.1) is 0 Å². The van der Waals surface area contributed by atoms with Crippen molar-refractivity contribution in [3.8, 4) is 17.2 Å². The zero-order valence-electron chi connectivity index (χ0n) is 12.1. The molecule has 4 nitrogen and oxygen atoms in total. The summed E-state index contributed by atoms with van der Waals surface area (Å²) in [5, 5.41) is 4.71. The van der Waals surface area contributed by atoms with E-state index in [1.165, 1.54) is 0 Å². The summed E-state index contributed by atoms with van der Waals surface area (Å²) in [5.74, 6) is 1.30. The first-order chi connectivity index (χ1) is 10.8. The molecule has 3 aromatic rings. The lowest BCUT2D eigenvalue weighted by Gasteiger charge is -2.07. The van der Waals surface area contributed by atoms with E-state index in [-0.39, 0.29) is 0 Å². The quantitative estimate of drug-likeness (QED) is 0.711. The minimum absolute atomic E-state index is 0.434. The second-order valence-corrected chi connectivity index (χ2v) is 5.05. The van der Waals surface area contributed by atoms with Gasteiger partial charge in [-0.25, -0.2) is 4.68 Å². The summed E-state index contributed by atoms with van der Waals surface area (Å²) in [5.41, 5.74) is 1.90. The number of nitrogens with zero attached hydrogens (tertiary/aromatic N) is 2. The van der Waals surface area contributed by atoms with Gasteiger partial charge in [-0.05, 0) is 17.7 Å². The van der Waals surface area contributed by atoms with Crippen molar-refractivity contribution in [3.05, 3.63) is 71.5 Å². The van der Waals surface area contributed by atoms with Gasteiger partial charge in [0.1, 0.15) is 12.4 Å². The van der Waals surface area contributed by atoms with Crippen molar-refractivity contribution in [2.45, 2.75) is 6.61 Å². The molecule has 0 N–H and O–H groups in total. The second kappa shape index (κ2) is 6.54. The van der Waals surface area contributed by atoms with Gasteiger partial charge >= 0.3 is 0 Å². The standard InChI is InChI=1S/C17H15ClN2O2/c1-21-15-9-5-8-14(10-15)20-17(18)16(11-19-20)22-12-13-6-3-2-4-7-13/h2-11H,12H2,1H3. The van der Waals surface area contributed by atoms with Crippen LogP contribution in [0, 0.1) is 0 Å². The van der Waals surface area contributed by atoms with Crippen LogP contribution in [0.4, 0.5) is 0 Å². The molecule has 1 aromatic heterocycles. The molecule has 112 valence electrons. The highest BCUT2D eigenvalue weighted by atomic mass is 35.5. The van der Waals surface area contributed by atoms with E-state index in [1.54, 1.807) is 18.0 Å². The summed E-state index contributed by atoms with van der Waals surface area (Å²) in [6.45, 7) is 0.449. The molecular formula is C17H15ClN2O2. The van der Waals surface area contributed by atoms with Crippen LogP contribution < -0.4 is 9.47 Å². The highest BCUT2D eigenvalue weighted by molar-refractivity contribution is 6.31. The van der Waals surface area contributed by atoms with Crippen LogP contribution >= 0.6 is 11.6 Å². The Morgan fingerprint density at radius 2 is 1.91 bits per heavy atom. The van der Waals surface area contributed by atoms with E-state index < -0.39 is 0 Å². The Labute approximate surface area is 133 Å². The Hall–Kier alpha value is -2.46. The maximum absolute atomic E-state index is 6.36. The molecule has 0 radical (unpaired) electrons. The van der Waals surface area contributed by atoms with Crippen LogP contribution in [0.1, 0.15) is 5.56 Å². The Bertz CT molecular complexity index is 756. The van der Waals surface area contributed by atoms with Crippen molar-refractivity contribution in [2.75, 3.05) is 7.11 Å². The first-order valence-corrected chi connectivity index (χ1v) is 7.20. The van der Waals surface area contributed by atoms with E-state index in [4.69, 9.17) is 21.1 Å². The Morgan fingerprint density at radius 1 is 1.09 bits per heavy atom. The van der Waals surface area contributed by atoms with Gasteiger partial charge in [0, 0.05) is 6.07 Å². The molecular weight excluding hydrogens is 300 g/mol. The summed E-state index contributed by atoms with van der Waals surface area (Å²) >= 11 is 6.36. The molecule has 1 heterocycles. The molecule has 0 saturated heterocycles. The van der Waals surface area contributed by atoms with Crippen LogP contribution in [0.2, 0.25) is 5.15 Å². The summed E-state index contributed by atoms with van der Waals surface area (Å²) in [4.78, 5) is 0.